The lowest BCUT2D eigenvalue weighted by atomic mass is 9.80. The molecular weight excluding hydrogens is 510 g/mol. The summed E-state index contributed by atoms with van der Waals surface area (Å²) in [5, 5.41) is 15.1. The van der Waals surface area contributed by atoms with Crippen LogP contribution in [0.15, 0.2) is 30.6 Å². The van der Waals surface area contributed by atoms with E-state index in [-0.39, 0.29) is 36.2 Å². The Balaban J connectivity index is 1.46. The van der Waals surface area contributed by atoms with Crippen molar-refractivity contribution in [2.24, 2.45) is 11.3 Å². The van der Waals surface area contributed by atoms with Gasteiger partial charge in [-0.05, 0) is 57.2 Å². The Hall–Kier alpha value is -3.76. The molecule has 40 heavy (non-hydrogen) atoms. The number of carbonyl (C=O) groups excluding carboxylic acids is 3. The highest BCUT2D eigenvalue weighted by Crippen LogP contribution is 2.36. The lowest BCUT2D eigenvalue weighted by Gasteiger charge is -2.28. The number of amides is 2. The maximum absolute atomic E-state index is 13.4. The number of imidazole rings is 1. The molecule has 4 heterocycles. The number of rotatable bonds is 8. The molecule has 0 aromatic carbocycles. The zero-order valence-electron chi connectivity index (χ0n) is 23.6. The van der Waals surface area contributed by atoms with E-state index < -0.39 is 11.4 Å². The van der Waals surface area contributed by atoms with Crippen molar-refractivity contribution >= 4 is 23.4 Å². The second-order valence-electron chi connectivity index (χ2n) is 11.2. The van der Waals surface area contributed by atoms with Crippen LogP contribution in [0.25, 0.3) is 5.65 Å². The van der Waals surface area contributed by atoms with Crippen LogP contribution < -0.4 is 10.6 Å². The number of fused-ring (bicyclic) bond motifs is 1. The Kier molecular flexibility index (Phi) is 8.18. The SMILES string of the molecule is CCn1nccc1C(=O)N[C@H](c1cn2nc(C[C@@]3(C(=O)OC)C[C@@H](C)NC3=O)ccc2n1)C1CCCCCCC1. The van der Waals surface area contributed by atoms with E-state index in [2.05, 4.69) is 15.7 Å². The van der Waals surface area contributed by atoms with Crippen LogP contribution in [0.5, 0.6) is 0 Å². The molecule has 1 aliphatic carbocycles. The Morgan fingerprint density at radius 2 is 1.93 bits per heavy atom. The first-order valence-corrected chi connectivity index (χ1v) is 14.4. The second kappa shape index (κ2) is 11.8. The van der Waals surface area contributed by atoms with Crippen LogP contribution >= 0.6 is 0 Å². The first kappa shape index (κ1) is 27.8. The number of aromatic nitrogens is 5. The minimum Gasteiger partial charge on any atom is -0.468 e. The Bertz CT molecular complexity index is 1360. The summed E-state index contributed by atoms with van der Waals surface area (Å²) < 4.78 is 8.41. The molecule has 3 atom stereocenters. The van der Waals surface area contributed by atoms with Crippen molar-refractivity contribution in [1.82, 2.24) is 35.0 Å². The fourth-order valence-corrected chi connectivity index (χ4v) is 6.36. The minimum atomic E-state index is -1.31. The van der Waals surface area contributed by atoms with Gasteiger partial charge in [0.05, 0.1) is 30.7 Å². The number of nitrogens with zero attached hydrogens (tertiary/aromatic N) is 5. The third-order valence-corrected chi connectivity index (χ3v) is 8.39. The van der Waals surface area contributed by atoms with Gasteiger partial charge in [-0.1, -0.05) is 32.1 Å². The van der Waals surface area contributed by atoms with Crippen LogP contribution in [0.1, 0.15) is 93.1 Å². The average Bonchev–Trinajstić information content (AvgIpc) is 3.64. The summed E-state index contributed by atoms with van der Waals surface area (Å²) in [6, 6.07) is 4.97. The number of carbonyl (C=O) groups is 3. The van der Waals surface area contributed by atoms with Crippen molar-refractivity contribution in [3.63, 3.8) is 0 Å². The van der Waals surface area contributed by atoms with Gasteiger partial charge >= 0.3 is 5.97 Å². The fraction of sp³-hybridized carbons (Fsp3) is 0.586. The molecule has 11 nitrogen and oxygen atoms in total. The average molecular weight is 550 g/mol. The summed E-state index contributed by atoms with van der Waals surface area (Å²) in [4.78, 5) is 43.9. The van der Waals surface area contributed by atoms with E-state index in [4.69, 9.17) is 14.8 Å². The molecule has 2 amide bonds. The highest BCUT2D eigenvalue weighted by molar-refractivity contribution is 6.04. The van der Waals surface area contributed by atoms with Crippen molar-refractivity contribution in [3.05, 3.63) is 47.7 Å². The van der Waals surface area contributed by atoms with Crippen LogP contribution in [-0.2, 0) is 27.3 Å². The maximum Gasteiger partial charge on any atom is 0.321 e. The highest BCUT2D eigenvalue weighted by atomic mass is 16.5. The summed E-state index contributed by atoms with van der Waals surface area (Å²) in [5.41, 5.74) is 1.19. The molecule has 5 rings (SSSR count). The molecule has 2 fully saturated rings. The van der Waals surface area contributed by atoms with Gasteiger partial charge < -0.3 is 15.4 Å². The summed E-state index contributed by atoms with van der Waals surface area (Å²) in [7, 11) is 1.30. The number of hydrogen-bond acceptors (Lipinski definition) is 7. The van der Waals surface area contributed by atoms with Crippen LogP contribution in [0.4, 0.5) is 0 Å². The Labute approximate surface area is 234 Å². The molecule has 1 aliphatic heterocycles. The van der Waals surface area contributed by atoms with Gasteiger partial charge in [-0.3, -0.25) is 19.1 Å². The zero-order valence-corrected chi connectivity index (χ0v) is 23.6. The van der Waals surface area contributed by atoms with E-state index in [0.717, 1.165) is 31.4 Å². The largest absolute Gasteiger partial charge is 0.468 e. The van der Waals surface area contributed by atoms with Crippen LogP contribution in [0.2, 0.25) is 0 Å². The fourth-order valence-electron chi connectivity index (χ4n) is 6.36. The number of ether oxygens (including phenoxy) is 1. The van der Waals surface area contributed by atoms with Crippen LogP contribution in [0.3, 0.4) is 0 Å². The first-order chi connectivity index (χ1) is 19.3. The highest BCUT2D eigenvalue weighted by Gasteiger charge is 2.53. The van der Waals surface area contributed by atoms with Crippen LogP contribution in [0, 0.1) is 11.3 Å². The third-order valence-electron chi connectivity index (χ3n) is 8.39. The van der Waals surface area contributed by atoms with Crippen molar-refractivity contribution in [2.75, 3.05) is 7.11 Å². The zero-order chi connectivity index (χ0) is 28.3. The van der Waals surface area contributed by atoms with Crippen molar-refractivity contribution in [2.45, 2.75) is 90.3 Å². The Morgan fingerprint density at radius 3 is 2.60 bits per heavy atom. The minimum absolute atomic E-state index is 0.128. The van der Waals surface area contributed by atoms with Gasteiger partial charge in [0.15, 0.2) is 11.1 Å². The molecule has 2 aliphatic rings. The molecule has 2 N–H and O–H groups in total. The van der Waals surface area contributed by atoms with E-state index in [1.807, 2.05) is 26.1 Å². The van der Waals surface area contributed by atoms with E-state index in [0.29, 0.717) is 30.0 Å². The van der Waals surface area contributed by atoms with E-state index in [1.165, 1.54) is 26.4 Å². The second-order valence-corrected chi connectivity index (χ2v) is 11.2. The standard InChI is InChI=1S/C29H39N7O4/c1-4-35-23(14-15-30-35)26(37)33-25(20-10-8-6-5-7-9-11-20)22-18-36-24(32-22)13-12-21(34-36)17-29(28(39)40-3)16-19(2)31-27(29)38/h12-15,18-20,25H,4-11,16-17H2,1-3H3,(H,31,38)(H,33,37)/t19-,25+,29+/m1/s1. The summed E-state index contributed by atoms with van der Waals surface area (Å²) >= 11 is 0. The van der Waals surface area contributed by atoms with Crippen molar-refractivity contribution < 1.29 is 19.1 Å². The number of esters is 1. The molecule has 11 heteroatoms. The number of nitrogens with one attached hydrogen (secondary N) is 2. The smallest absolute Gasteiger partial charge is 0.321 e. The van der Waals surface area contributed by atoms with Gasteiger partial charge in [-0.25, -0.2) is 9.50 Å². The molecule has 0 unspecified atom stereocenters. The normalized spacial score (nSPS) is 22.9. The molecule has 214 valence electrons. The van der Waals surface area contributed by atoms with E-state index in [1.54, 1.807) is 27.5 Å². The van der Waals surface area contributed by atoms with Gasteiger partial charge in [-0.2, -0.15) is 10.2 Å². The Morgan fingerprint density at radius 1 is 1.18 bits per heavy atom. The van der Waals surface area contributed by atoms with Gasteiger partial charge in [0.2, 0.25) is 5.91 Å². The van der Waals surface area contributed by atoms with E-state index in [9.17, 15) is 14.4 Å². The third kappa shape index (κ3) is 5.46. The maximum atomic E-state index is 13.4. The van der Waals surface area contributed by atoms with Gasteiger partial charge in [0, 0.05) is 25.2 Å². The van der Waals surface area contributed by atoms with Crippen LogP contribution in [-0.4, -0.2) is 55.3 Å². The number of methoxy groups -OCH3 is 1. The first-order valence-electron chi connectivity index (χ1n) is 14.4. The van der Waals surface area contributed by atoms with Gasteiger partial charge in [-0.15, -0.1) is 0 Å². The molecule has 0 bridgehead atoms. The molecule has 0 radical (unpaired) electrons. The topological polar surface area (TPSA) is 133 Å². The van der Waals surface area contributed by atoms with E-state index >= 15 is 0 Å². The molecule has 1 saturated heterocycles. The molecule has 3 aromatic rings. The summed E-state index contributed by atoms with van der Waals surface area (Å²) in [5.74, 6) is -0.809. The van der Waals surface area contributed by atoms with Gasteiger partial charge in [0.1, 0.15) is 5.69 Å². The summed E-state index contributed by atoms with van der Waals surface area (Å²) in [6.45, 7) is 4.44. The molecular formula is C29H39N7O4. The molecule has 0 spiro atoms. The van der Waals surface area contributed by atoms with Crippen molar-refractivity contribution in [1.29, 1.82) is 0 Å². The number of aryl methyl sites for hydroxylation is 1. The van der Waals surface area contributed by atoms with Gasteiger partial charge in [0.25, 0.3) is 5.91 Å². The molecule has 3 aromatic heterocycles. The lowest BCUT2D eigenvalue weighted by Crippen LogP contribution is -2.41. The lowest BCUT2D eigenvalue weighted by molar-refractivity contribution is -0.156. The monoisotopic (exact) mass is 549 g/mol. The quantitative estimate of drug-likeness (QED) is 0.325. The predicted molar refractivity (Wildman–Crippen MR) is 147 cm³/mol. The molecule has 1 saturated carbocycles. The predicted octanol–water partition coefficient (Wildman–Crippen LogP) is 3.39. The number of hydrogen-bond donors (Lipinski definition) is 2. The van der Waals surface area contributed by atoms with Crippen molar-refractivity contribution in [3.8, 4) is 0 Å². The summed E-state index contributed by atoms with van der Waals surface area (Å²) in [6.07, 6.45) is 11.9.